The van der Waals surface area contributed by atoms with Crippen LogP contribution in [-0.4, -0.2) is 28.0 Å². The van der Waals surface area contributed by atoms with Gasteiger partial charge in [0.05, 0.1) is 16.6 Å². The van der Waals surface area contributed by atoms with Crippen molar-refractivity contribution in [3.63, 3.8) is 0 Å². The van der Waals surface area contributed by atoms with E-state index in [-0.39, 0.29) is 23.2 Å². The van der Waals surface area contributed by atoms with E-state index in [0.717, 1.165) is 6.20 Å². The van der Waals surface area contributed by atoms with Crippen molar-refractivity contribution in [3.05, 3.63) is 41.6 Å². The third-order valence-electron chi connectivity index (χ3n) is 3.61. The number of alkyl halides is 3. The average Bonchev–Trinajstić information content (AvgIpc) is 2.51. The lowest BCUT2D eigenvalue weighted by atomic mass is 10.0. The summed E-state index contributed by atoms with van der Waals surface area (Å²) in [5.41, 5.74) is -1.71. The number of pyridine rings is 1. The van der Waals surface area contributed by atoms with E-state index in [2.05, 4.69) is 10.3 Å². The number of rotatable bonds is 5. The number of benzene rings is 1. The quantitative estimate of drug-likeness (QED) is 0.862. The highest BCUT2D eigenvalue weighted by Gasteiger charge is 2.38. The molecule has 0 aliphatic carbocycles. The lowest BCUT2D eigenvalue weighted by molar-refractivity contribution is -0.139. The number of nitrogens with zero attached hydrogens (tertiary/aromatic N) is 1. The Morgan fingerprint density at radius 1 is 1.24 bits per heavy atom. The topological polar surface area (TPSA) is 79.3 Å². The maximum Gasteiger partial charge on any atom is 0.417 e. The fourth-order valence-electron chi connectivity index (χ4n) is 2.55. The smallest absolute Gasteiger partial charge is 0.417 e. The van der Waals surface area contributed by atoms with Crippen LogP contribution in [0.1, 0.15) is 36.2 Å². The first-order valence-corrected chi connectivity index (χ1v) is 7.60. The van der Waals surface area contributed by atoms with Gasteiger partial charge in [-0.2, -0.15) is 13.2 Å². The number of halogens is 3. The number of fused-ring (bicyclic) bond motifs is 1. The minimum Gasteiger partial charge on any atom is -0.480 e. The number of aromatic nitrogens is 1. The van der Waals surface area contributed by atoms with Gasteiger partial charge in [0.2, 0.25) is 0 Å². The minimum atomic E-state index is -4.79. The molecule has 0 aliphatic heterocycles. The standard InChI is InChI=1S/C17H17F3N2O3/c1-9(2)7-13(16(24)25)22-15(23)11-8-21-12-6-4-3-5-10(12)14(11)17(18,19)20/h3-6,8-9,13H,7H2,1-2H3,(H,22,23)(H,24,25)/t13-/m1/s1. The zero-order valence-electron chi connectivity index (χ0n) is 13.6. The highest BCUT2D eigenvalue weighted by Crippen LogP contribution is 2.36. The van der Waals surface area contributed by atoms with Crippen LogP contribution >= 0.6 is 0 Å². The van der Waals surface area contributed by atoms with Crippen LogP contribution in [-0.2, 0) is 11.0 Å². The van der Waals surface area contributed by atoms with Gasteiger partial charge in [-0.15, -0.1) is 0 Å². The predicted octanol–water partition coefficient (Wildman–Crippen LogP) is 3.48. The Morgan fingerprint density at radius 3 is 2.44 bits per heavy atom. The molecular weight excluding hydrogens is 337 g/mol. The molecule has 0 spiro atoms. The Morgan fingerprint density at radius 2 is 1.88 bits per heavy atom. The predicted molar refractivity (Wildman–Crippen MR) is 85.1 cm³/mol. The fraction of sp³-hybridized carbons (Fsp3) is 0.353. The summed E-state index contributed by atoms with van der Waals surface area (Å²) in [5, 5.41) is 11.1. The summed E-state index contributed by atoms with van der Waals surface area (Å²) in [4.78, 5) is 27.5. The van der Waals surface area contributed by atoms with Gasteiger partial charge in [0, 0.05) is 11.6 Å². The van der Waals surface area contributed by atoms with Crippen LogP contribution in [0, 0.1) is 5.92 Å². The summed E-state index contributed by atoms with van der Waals surface area (Å²) in [5.74, 6) is -2.47. The maximum absolute atomic E-state index is 13.5. The molecule has 1 aromatic carbocycles. The van der Waals surface area contributed by atoms with Gasteiger partial charge in [0.25, 0.3) is 5.91 Å². The molecule has 2 N–H and O–H groups in total. The highest BCUT2D eigenvalue weighted by atomic mass is 19.4. The molecule has 1 atom stereocenters. The highest BCUT2D eigenvalue weighted by molar-refractivity contribution is 6.01. The lowest BCUT2D eigenvalue weighted by Gasteiger charge is -2.19. The number of hydrogen-bond acceptors (Lipinski definition) is 3. The molecule has 2 rings (SSSR count). The molecule has 8 heteroatoms. The van der Waals surface area contributed by atoms with Crippen molar-refractivity contribution < 1.29 is 27.9 Å². The summed E-state index contributed by atoms with van der Waals surface area (Å²) in [7, 11) is 0. The van der Waals surface area contributed by atoms with Gasteiger partial charge in [-0.3, -0.25) is 9.78 Å². The van der Waals surface area contributed by atoms with Crippen molar-refractivity contribution in [2.45, 2.75) is 32.5 Å². The van der Waals surface area contributed by atoms with Crippen molar-refractivity contribution in [2.24, 2.45) is 5.92 Å². The largest absolute Gasteiger partial charge is 0.480 e. The van der Waals surface area contributed by atoms with Crippen LogP contribution in [0.5, 0.6) is 0 Å². The van der Waals surface area contributed by atoms with E-state index in [1.165, 1.54) is 18.2 Å². The summed E-state index contributed by atoms with van der Waals surface area (Å²) >= 11 is 0. The van der Waals surface area contributed by atoms with E-state index in [1.54, 1.807) is 19.9 Å². The van der Waals surface area contributed by atoms with Crippen LogP contribution in [0.3, 0.4) is 0 Å². The van der Waals surface area contributed by atoms with Crippen molar-refractivity contribution in [1.29, 1.82) is 0 Å². The second-order valence-corrected chi connectivity index (χ2v) is 6.06. The summed E-state index contributed by atoms with van der Waals surface area (Å²) < 4.78 is 40.6. The van der Waals surface area contributed by atoms with Gasteiger partial charge in [-0.1, -0.05) is 32.0 Å². The molecule has 1 heterocycles. The normalized spacial score (nSPS) is 13.0. The van der Waals surface area contributed by atoms with E-state index in [9.17, 15) is 22.8 Å². The molecule has 1 amide bonds. The second kappa shape index (κ2) is 7.08. The van der Waals surface area contributed by atoms with Crippen LogP contribution in [0.4, 0.5) is 13.2 Å². The zero-order chi connectivity index (χ0) is 18.8. The summed E-state index contributed by atoms with van der Waals surface area (Å²) in [6.45, 7) is 3.50. The molecule has 0 fully saturated rings. The summed E-state index contributed by atoms with van der Waals surface area (Å²) in [6, 6.07) is 4.31. The number of nitrogens with one attached hydrogen (secondary N) is 1. The van der Waals surface area contributed by atoms with E-state index in [0.29, 0.717) is 0 Å². The molecule has 0 radical (unpaired) electrons. The fourth-order valence-corrected chi connectivity index (χ4v) is 2.55. The number of hydrogen-bond donors (Lipinski definition) is 2. The Hall–Kier alpha value is -2.64. The first-order valence-electron chi connectivity index (χ1n) is 7.60. The number of carbonyl (C=O) groups is 2. The van der Waals surface area contributed by atoms with E-state index >= 15 is 0 Å². The van der Waals surface area contributed by atoms with Gasteiger partial charge in [0.1, 0.15) is 6.04 Å². The van der Waals surface area contributed by atoms with E-state index in [4.69, 9.17) is 5.11 Å². The van der Waals surface area contributed by atoms with Crippen LogP contribution in [0.15, 0.2) is 30.5 Å². The number of carbonyl (C=O) groups excluding carboxylic acids is 1. The first-order chi connectivity index (χ1) is 11.6. The monoisotopic (exact) mass is 354 g/mol. The Bertz CT molecular complexity index is 803. The Labute approximate surface area is 141 Å². The van der Waals surface area contributed by atoms with Gasteiger partial charge < -0.3 is 10.4 Å². The molecule has 1 aromatic heterocycles. The number of amides is 1. The lowest BCUT2D eigenvalue weighted by Crippen LogP contribution is -2.42. The molecular formula is C17H17F3N2O3. The molecule has 0 saturated carbocycles. The first kappa shape index (κ1) is 18.7. The molecule has 0 saturated heterocycles. The Balaban J connectivity index is 2.49. The maximum atomic E-state index is 13.5. The van der Waals surface area contributed by atoms with Gasteiger partial charge in [-0.25, -0.2) is 4.79 Å². The number of carboxylic acids is 1. The van der Waals surface area contributed by atoms with E-state index < -0.39 is 35.2 Å². The van der Waals surface area contributed by atoms with Crippen LogP contribution < -0.4 is 5.32 Å². The average molecular weight is 354 g/mol. The van der Waals surface area contributed by atoms with Gasteiger partial charge >= 0.3 is 12.1 Å². The molecule has 5 nitrogen and oxygen atoms in total. The molecule has 25 heavy (non-hydrogen) atoms. The van der Waals surface area contributed by atoms with Crippen molar-refractivity contribution in [1.82, 2.24) is 10.3 Å². The third-order valence-corrected chi connectivity index (χ3v) is 3.61. The zero-order valence-corrected chi connectivity index (χ0v) is 13.6. The van der Waals surface area contributed by atoms with Gasteiger partial charge in [-0.05, 0) is 18.4 Å². The van der Waals surface area contributed by atoms with Crippen molar-refractivity contribution >= 4 is 22.8 Å². The second-order valence-electron chi connectivity index (χ2n) is 6.06. The minimum absolute atomic E-state index is 0.0572. The van der Waals surface area contributed by atoms with Crippen LogP contribution in [0.25, 0.3) is 10.9 Å². The molecule has 0 aliphatic rings. The molecule has 2 aromatic rings. The molecule has 134 valence electrons. The number of carboxylic acid groups (broad SMARTS) is 1. The number of aliphatic carboxylic acids is 1. The van der Waals surface area contributed by atoms with Gasteiger partial charge in [0.15, 0.2) is 0 Å². The molecule has 0 unspecified atom stereocenters. The SMILES string of the molecule is CC(C)C[C@@H](NC(=O)c1cnc2ccccc2c1C(F)(F)F)C(=O)O. The Kier molecular flexibility index (Phi) is 5.30. The summed E-state index contributed by atoms with van der Waals surface area (Å²) in [6.07, 6.45) is -3.86. The van der Waals surface area contributed by atoms with Crippen molar-refractivity contribution in [3.8, 4) is 0 Å². The van der Waals surface area contributed by atoms with Crippen molar-refractivity contribution in [2.75, 3.05) is 0 Å². The number of para-hydroxylation sites is 1. The van der Waals surface area contributed by atoms with Crippen LogP contribution in [0.2, 0.25) is 0 Å². The third kappa shape index (κ3) is 4.26. The van der Waals surface area contributed by atoms with E-state index in [1.807, 2.05) is 0 Å². The molecule has 0 bridgehead atoms.